The van der Waals surface area contributed by atoms with Crippen LogP contribution in [0.4, 0.5) is 11.6 Å². The normalized spacial score (nSPS) is 12.2. The number of nitrogens with zero attached hydrogens (tertiary/aromatic N) is 5. The Kier molecular flexibility index (Phi) is 5.06. The van der Waals surface area contributed by atoms with E-state index in [1.54, 1.807) is 12.1 Å². The summed E-state index contributed by atoms with van der Waals surface area (Å²) in [7, 11) is 0. The molecule has 0 aliphatic heterocycles. The maximum Gasteiger partial charge on any atom is 0.214 e. The number of nitrogens with two attached hydrogens (primary N) is 2. The van der Waals surface area contributed by atoms with Crippen molar-refractivity contribution in [3.63, 3.8) is 0 Å². The SMILES string of the molecule is Cc1nc2ccc(-c3cc(N)nc(N)c3)nc2n1C[C@@H](C)Oc1cccc(Br)n1. The first kappa shape index (κ1) is 19.1. The van der Waals surface area contributed by atoms with Crippen LogP contribution >= 0.6 is 15.9 Å². The van der Waals surface area contributed by atoms with E-state index in [1.807, 2.05) is 48.7 Å². The summed E-state index contributed by atoms with van der Waals surface area (Å²) >= 11 is 3.36. The maximum absolute atomic E-state index is 5.96. The highest BCUT2D eigenvalue weighted by molar-refractivity contribution is 9.10. The molecule has 0 saturated heterocycles. The Morgan fingerprint density at radius 2 is 1.79 bits per heavy atom. The van der Waals surface area contributed by atoms with E-state index in [0.29, 0.717) is 24.1 Å². The lowest BCUT2D eigenvalue weighted by atomic mass is 10.1. The molecule has 0 saturated carbocycles. The van der Waals surface area contributed by atoms with Gasteiger partial charge in [0.1, 0.15) is 33.7 Å². The molecule has 4 aromatic rings. The van der Waals surface area contributed by atoms with Crippen molar-refractivity contribution in [1.29, 1.82) is 0 Å². The van der Waals surface area contributed by atoms with Gasteiger partial charge in [0.15, 0.2) is 5.65 Å². The van der Waals surface area contributed by atoms with Crippen LogP contribution in [-0.4, -0.2) is 30.6 Å². The summed E-state index contributed by atoms with van der Waals surface area (Å²) in [4.78, 5) is 17.8. The third-order valence-corrected chi connectivity index (χ3v) is 4.84. The molecular weight excluding hydrogens is 434 g/mol. The Labute approximate surface area is 176 Å². The lowest BCUT2D eigenvalue weighted by Crippen LogP contribution is -2.21. The highest BCUT2D eigenvalue weighted by Crippen LogP contribution is 2.24. The molecule has 9 heteroatoms. The lowest BCUT2D eigenvalue weighted by molar-refractivity contribution is 0.191. The van der Waals surface area contributed by atoms with Gasteiger partial charge in [-0.2, -0.15) is 0 Å². The summed E-state index contributed by atoms with van der Waals surface area (Å²) in [6.45, 7) is 4.52. The number of pyridine rings is 3. The number of aryl methyl sites for hydroxylation is 1. The van der Waals surface area contributed by atoms with Gasteiger partial charge < -0.3 is 20.8 Å². The molecule has 0 aromatic carbocycles. The minimum Gasteiger partial charge on any atom is -0.473 e. The summed E-state index contributed by atoms with van der Waals surface area (Å²) in [5, 5.41) is 0. The second kappa shape index (κ2) is 7.67. The predicted octanol–water partition coefficient (Wildman–Crippen LogP) is 3.59. The quantitative estimate of drug-likeness (QED) is 0.443. The lowest BCUT2D eigenvalue weighted by Gasteiger charge is -2.16. The third kappa shape index (κ3) is 4.14. The molecule has 0 spiro atoms. The highest BCUT2D eigenvalue weighted by atomic mass is 79.9. The van der Waals surface area contributed by atoms with Crippen molar-refractivity contribution >= 4 is 38.7 Å². The van der Waals surface area contributed by atoms with E-state index in [1.165, 1.54) is 0 Å². The van der Waals surface area contributed by atoms with Gasteiger partial charge >= 0.3 is 0 Å². The Morgan fingerprint density at radius 1 is 1.03 bits per heavy atom. The van der Waals surface area contributed by atoms with Crippen LogP contribution in [0.2, 0.25) is 0 Å². The summed E-state index contributed by atoms with van der Waals surface area (Å²) in [5.74, 6) is 2.13. The fourth-order valence-corrected chi connectivity index (χ4v) is 3.50. The van der Waals surface area contributed by atoms with E-state index in [2.05, 4.69) is 30.9 Å². The average molecular weight is 454 g/mol. The third-order valence-electron chi connectivity index (χ3n) is 4.39. The topological polar surface area (TPSA) is 118 Å². The first-order valence-electron chi connectivity index (χ1n) is 9.05. The Morgan fingerprint density at radius 3 is 2.52 bits per heavy atom. The van der Waals surface area contributed by atoms with Crippen LogP contribution in [0.3, 0.4) is 0 Å². The van der Waals surface area contributed by atoms with E-state index in [4.69, 9.17) is 21.2 Å². The number of hydrogen-bond donors (Lipinski definition) is 2. The number of fused-ring (bicyclic) bond motifs is 1. The number of ether oxygens (including phenoxy) is 1. The van der Waals surface area contributed by atoms with Crippen molar-refractivity contribution in [3.05, 3.63) is 52.9 Å². The summed E-state index contributed by atoms with van der Waals surface area (Å²) in [6.07, 6.45) is -0.134. The summed E-state index contributed by atoms with van der Waals surface area (Å²) < 4.78 is 8.73. The zero-order valence-electron chi connectivity index (χ0n) is 16.0. The van der Waals surface area contributed by atoms with Crippen LogP contribution < -0.4 is 16.2 Å². The van der Waals surface area contributed by atoms with Gasteiger partial charge in [-0.05, 0) is 60.1 Å². The van der Waals surface area contributed by atoms with Gasteiger partial charge in [-0.15, -0.1) is 0 Å². The number of hydrogen-bond acceptors (Lipinski definition) is 7. The van der Waals surface area contributed by atoms with Crippen LogP contribution in [0.1, 0.15) is 12.7 Å². The Bertz CT molecular complexity index is 1170. The smallest absolute Gasteiger partial charge is 0.214 e. The van der Waals surface area contributed by atoms with Gasteiger partial charge in [-0.1, -0.05) is 6.07 Å². The van der Waals surface area contributed by atoms with E-state index in [9.17, 15) is 0 Å². The molecule has 0 amide bonds. The van der Waals surface area contributed by atoms with Crippen LogP contribution in [-0.2, 0) is 6.54 Å². The van der Waals surface area contributed by atoms with Crippen LogP contribution in [0.5, 0.6) is 5.88 Å². The predicted molar refractivity (Wildman–Crippen MR) is 116 cm³/mol. The first-order valence-corrected chi connectivity index (χ1v) is 9.85. The van der Waals surface area contributed by atoms with Crippen LogP contribution in [0, 0.1) is 6.92 Å². The molecule has 8 nitrogen and oxygen atoms in total. The van der Waals surface area contributed by atoms with Crippen LogP contribution in [0.15, 0.2) is 47.1 Å². The molecule has 148 valence electrons. The van der Waals surface area contributed by atoms with Crippen molar-refractivity contribution < 1.29 is 4.74 Å². The number of anilines is 2. The molecule has 0 bridgehead atoms. The number of rotatable bonds is 5. The van der Waals surface area contributed by atoms with Crippen molar-refractivity contribution in [2.45, 2.75) is 26.5 Å². The zero-order valence-corrected chi connectivity index (χ0v) is 17.6. The molecule has 0 radical (unpaired) electrons. The standard InChI is InChI=1S/C20H20BrN7O/c1-11(29-19-5-3-4-16(21)26-19)10-28-12(2)24-15-7-6-14(25-20(15)28)13-8-17(22)27-18(23)9-13/h3-9,11H,10H2,1-2H3,(H4,22,23,27)/t11-/m1/s1. The minimum atomic E-state index is -0.134. The molecule has 4 heterocycles. The monoisotopic (exact) mass is 453 g/mol. The molecular formula is C20H20BrN7O. The molecule has 29 heavy (non-hydrogen) atoms. The molecule has 0 fully saturated rings. The number of imidazole rings is 1. The number of halogens is 1. The highest BCUT2D eigenvalue weighted by Gasteiger charge is 2.15. The van der Waals surface area contributed by atoms with Gasteiger partial charge in [0.2, 0.25) is 5.88 Å². The largest absolute Gasteiger partial charge is 0.473 e. The summed E-state index contributed by atoms with van der Waals surface area (Å²) in [5.41, 5.74) is 14.8. The number of nitrogen functional groups attached to an aromatic ring is 2. The van der Waals surface area contributed by atoms with Gasteiger partial charge in [0, 0.05) is 11.6 Å². The van der Waals surface area contributed by atoms with Crippen molar-refractivity contribution in [1.82, 2.24) is 24.5 Å². The molecule has 1 atom stereocenters. The van der Waals surface area contributed by atoms with Crippen molar-refractivity contribution in [2.75, 3.05) is 11.5 Å². The van der Waals surface area contributed by atoms with E-state index < -0.39 is 0 Å². The second-order valence-corrected chi connectivity index (χ2v) is 7.55. The number of aromatic nitrogens is 5. The molecule has 0 aliphatic rings. The van der Waals surface area contributed by atoms with E-state index in [-0.39, 0.29) is 6.10 Å². The Hall–Kier alpha value is -3.20. The van der Waals surface area contributed by atoms with Crippen LogP contribution in [0.25, 0.3) is 22.4 Å². The van der Waals surface area contributed by atoms with Crippen molar-refractivity contribution in [2.24, 2.45) is 0 Å². The molecule has 0 aliphatic carbocycles. The zero-order chi connectivity index (χ0) is 20.5. The second-order valence-electron chi connectivity index (χ2n) is 6.74. The van der Waals surface area contributed by atoms with Gasteiger partial charge in [-0.3, -0.25) is 0 Å². The van der Waals surface area contributed by atoms with E-state index >= 15 is 0 Å². The first-order chi connectivity index (χ1) is 13.9. The van der Waals surface area contributed by atoms with E-state index in [0.717, 1.165) is 32.8 Å². The van der Waals surface area contributed by atoms with Gasteiger partial charge in [-0.25, -0.2) is 19.9 Å². The van der Waals surface area contributed by atoms with Crippen molar-refractivity contribution in [3.8, 4) is 17.1 Å². The average Bonchev–Trinajstić information content (AvgIpc) is 2.95. The van der Waals surface area contributed by atoms with Gasteiger partial charge in [0.05, 0.1) is 12.2 Å². The fraction of sp³-hybridized carbons (Fsp3) is 0.200. The molecule has 0 unspecified atom stereocenters. The summed E-state index contributed by atoms with van der Waals surface area (Å²) in [6, 6.07) is 12.9. The Balaban J connectivity index is 1.66. The molecule has 4 aromatic heterocycles. The molecule has 4 N–H and O–H groups in total. The molecule has 4 rings (SSSR count). The minimum absolute atomic E-state index is 0.134. The maximum atomic E-state index is 5.96. The fourth-order valence-electron chi connectivity index (χ4n) is 3.17. The van der Waals surface area contributed by atoms with Gasteiger partial charge in [0.25, 0.3) is 0 Å².